The molecule has 7 nitrogen and oxygen atoms in total. The summed E-state index contributed by atoms with van der Waals surface area (Å²) < 4.78 is 50.9. The van der Waals surface area contributed by atoms with Crippen LogP contribution in [0.25, 0.3) is 0 Å². The first-order chi connectivity index (χ1) is 13.1. The molecule has 152 valence electrons. The van der Waals surface area contributed by atoms with Crippen LogP contribution in [0.5, 0.6) is 0 Å². The predicted octanol–water partition coefficient (Wildman–Crippen LogP) is 1.64. The van der Waals surface area contributed by atoms with Crippen LogP contribution in [0.2, 0.25) is 0 Å². The number of nitrogens with one attached hydrogen (secondary N) is 2. The topological polar surface area (TPSA) is 109 Å². The lowest BCUT2D eigenvalue weighted by molar-refractivity contribution is 0.0956. The lowest BCUT2D eigenvalue weighted by Gasteiger charge is -2.12. The van der Waals surface area contributed by atoms with Gasteiger partial charge in [-0.2, -0.15) is 0 Å². The van der Waals surface area contributed by atoms with Crippen molar-refractivity contribution in [3.8, 4) is 0 Å². The first-order valence-electron chi connectivity index (χ1n) is 8.77. The lowest BCUT2D eigenvalue weighted by Crippen LogP contribution is -2.30. The fourth-order valence-corrected chi connectivity index (χ4v) is 4.44. The third kappa shape index (κ3) is 6.15. The zero-order valence-corrected chi connectivity index (χ0v) is 17.4. The second-order valence-corrected chi connectivity index (χ2v) is 10.5. The van der Waals surface area contributed by atoms with Crippen molar-refractivity contribution >= 4 is 25.8 Å². The molecule has 0 bridgehead atoms. The highest BCUT2D eigenvalue weighted by molar-refractivity contribution is 7.91. The minimum Gasteiger partial charge on any atom is -0.351 e. The molecule has 2 aromatic carbocycles. The zero-order valence-electron chi connectivity index (χ0n) is 15.8. The number of aryl methyl sites for hydroxylation is 1. The normalized spacial score (nSPS) is 11.9. The Labute approximate surface area is 166 Å². The van der Waals surface area contributed by atoms with Gasteiger partial charge in [0.05, 0.1) is 10.6 Å². The molecule has 0 atom stereocenters. The van der Waals surface area contributed by atoms with E-state index in [0.717, 1.165) is 5.56 Å². The van der Waals surface area contributed by atoms with E-state index in [9.17, 15) is 21.6 Å². The Bertz CT molecular complexity index is 1030. The van der Waals surface area contributed by atoms with Gasteiger partial charge in [0.1, 0.15) is 0 Å². The van der Waals surface area contributed by atoms with Crippen molar-refractivity contribution in [3.05, 3.63) is 65.2 Å². The number of benzene rings is 2. The zero-order chi connectivity index (χ0) is 20.8. The third-order valence-electron chi connectivity index (χ3n) is 4.19. The number of amides is 1. The number of rotatable bonds is 9. The van der Waals surface area contributed by atoms with E-state index in [0.29, 0.717) is 5.56 Å². The average molecular weight is 425 g/mol. The standard InChI is InChI=1S/C19H24N2O5S2/c1-3-27(23,24)12-11-20-19(22)17-10-9-15(2)18(13-17)28(25,26)21-14-16-7-5-4-6-8-16/h4-10,13,21H,3,11-12,14H2,1-2H3,(H,20,22). The Hall–Kier alpha value is -2.23. The van der Waals surface area contributed by atoms with E-state index in [2.05, 4.69) is 10.0 Å². The quantitative estimate of drug-likeness (QED) is 0.636. The molecule has 0 saturated carbocycles. The van der Waals surface area contributed by atoms with E-state index in [4.69, 9.17) is 0 Å². The second-order valence-electron chi connectivity index (χ2n) is 6.28. The van der Waals surface area contributed by atoms with Gasteiger partial charge in [-0.25, -0.2) is 21.6 Å². The maximum atomic E-state index is 12.7. The summed E-state index contributed by atoms with van der Waals surface area (Å²) in [6.45, 7) is 3.29. The van der Waals surface area contributed by atoms with Crippen LogP contribution >= 0.6 is 0 Å². The molecule has 0 saturated heterocycles. The van der Waals surface area contributed by atoms with E-state index in [1.807, 2.05) is 30.3 Å². The van der Waals surface area contributed by atoms with Gasteiger partial charge >= 0.3 is 0 Å². The molecule has 0 spiro atoms. The summed E-state index contributed by atoms with van der Waals surface area (Å²) in [6, 6.07) is 13.5. The van der Waals surface area contributed by atoms with Crippen LogP contribution < -0.4 is 10.0 Å². The lowest BCUT2D eigenvalue weighted by atomic mass is 10.1. The molecule has 1 amide bonds. The first-order valence-corrected chi connectivity index (χ1v) is 12.1. The monoisotopic (exact) mass is 424 g/mol. The Kier molecular flexibility index (Phi) is 7.34. The summed E-state index contributed by atoms with van der Waals surface area (Å²) in [7, 11) is -7.01. The largest absolute Gasteiger partial charge is 0.351 e. The van der Waals surface area contributed by atoms with Gasteiger partial charge in [-0.3, -0.25) is 4.79 Å². The predicted molar refractivity (Wildman–Crippen MR) is 108 cm³/mol. The molecule has 0 aliphatic rings. The van der Waals surface area contributed by atoms with E-state index in [-0.39, 0.29) is 35.1 Å². The van der Waals surface area contributed by atoms with Crippen molar-refractivity contribution in [1.82, 2.24) is 10.0 Å². The van der Waals surface area contributed by atoms with Crippen LogP contribution in [0.3, 0.4) is 0 Å². The number of sulfone groups is 1. The van der Waals surface area contributed by atoms with Crippen molar-refractivity contribution in [3.63, 3.8) is 0 Å². The summed E-state index contributed by atoms with van der Waals surface area (Å²) in [6.07, 6.45) is 0. The number of hydrogen-bond acceptors (Lipinski definition) is 5. The van der Waals surface area contributed by atoms with Crippen LogP contribution in [0, 0.1) is 6.92 Å². The molecule has 2 N–H and O–H groups in total. The molecule has 28 heavy (non-hydrogen) atoms. The van der Waals surface area contributed by atoms with Gasteiger partial charge in [0, 0.05) is 24.4 Å². The molecule has 9 heteroatoms. The molecule has 0 aromatic heterocycles. The summed E-state index contributed by atoms with van der Waals surface area (Å²) in [4.78, 5) is 12.3. The molecule has 0 aliphatic heterocycles. The minimum atomic E-state index is -3.82. The molecule has 0 aliphatic carbocycles. The smallest absolute Gasteiger partial charge is 0.251 e. The van der Waals surface area contributed by atoms with Crippen molar-refractivity contribution < 1.29 is 21.6 Å². The molecular formula is C19H24N2O5S2. The van der Waals surface area contributed by atoms with Crippen LogP contribution in [0.4, 0.5) is 0 Å². The third-order valence-corrected chi connectivity index (χ3v) is 7.44. The number of sulfonamides is 1. The Morgan fingerprint density at radius 3 is 2.32 bits per heavy atom. The SMILES string of the molecule is CCS(=O)(=O)CCNC(=O)c1ccc(C)c(S(=O)(=O)NCc2ccccc2)c1. The fourth-order valence-electron chi connectivity index (χ4n) is 2.45. The Balaban J connectivity index is 2.12. The van der Waals surface area contributed by atoms with Crippen LogP contribution in [-0.4, -0.2) is 40.8 Å². The van der Waals surface area contributed by atoms with E-state index < -0.39 is 25.8 Å². The molecule has 2 rings (SSSR count). The highest BCUT2D eigenvalue weighted by Gasteiger charge is 2.19. The molecular weight excluding hydrogens is 400 g/mol. The molecule has 2 aromatic rings. The highest BCUT2D eigenvalue weighted by atomic mass is 32.2. The fraction of sp³-hybridized carbons (Fsp3) is 0.316. The van der Waals surface area contributed by atoms with E-state index in [1.54, 1.807) is 13.0 Å². The first kappa shape index (κ1) is 22.1. The van der Waals surface area contributed by atoms with Gasteiger partial charge in [-0.1, -0.05) is 43.3 Å². The Morgan fingerprint density at radius 1 is 1.00 bits per heavy atom. The van der Waals surface area contributed by atoms with Gasteiger partial charge in [-0.15, -0.1) is 0 Å². The van der Waals surface area contributed by atoms with Crippen molar-refractivity contribution in [1.29, 1.82) is 0 Å². The Morgan fingerprint density at radius 2 is 1.68 bits per heavy atom. The van der Waals surface area contributed by atoms with Gasteiger partial charge in [0.15, 0.2) is 9.84 Å². The minimum absolute atomic E-state index is 0.00285. The van der Waals surface area contributed by atoms with E-state index in [1.165, 1.54) is 19.1 Å². The average Bonchev–Trinajstić information content (AvgIpc) is 2.67. The number of carbonyl (C=O) groups excluding carboxylic acids is 1. The van der Waals surface area contributed by atoms with Crippen molar-refractivity contribution in [2.45, 2.75) is 25.3 Å². The van der Waals surface area contributed by atoms with Gasteiger partial charge in [0.2, 0.25) is 10.0 Å². The summed E-state index contributed by atoms with van der Waals surface area (Å²) in [5.74, 6) is -0.681. The summed E-state index contributed by atoms with van der Waals surface area (Å²) in [5, 5.41) is 2.51. The van der Waals surface area contributed by atoms with Gasteiger partial charge in [0.25, 0.3) is 5.91 Å². The molecule has 0 heterocycles. The van der Waals surface area contributed by atoms with Crippen LogP contribution in [-0.2, 0) is 26.4 Å². The van der Waals surface area contributed by atoms with Gasteiger partial charge < -0.3 is 5.32 Å². The number of carbonyl (C=O) groups is 1. The maximum Gasteiger partial charge on any atom is 0.251 e. The number of hydrogen-bond donors (Lipinski definition) is 2. The summed E-state index contributed by atoms with van der Waals surface area (Å²) in [5.41, 5.74) is 1.47. The molecule has 0 fully saturated rings. The van der Waals surface area contributed by atoms with Gasteiger partial charge in [-0.05, 0) is 30.2 Å². The van der Waals surface area contributed by atoms with Crippen LogP contribution in [0.1, 0.15) is 28.4 Å². The summed E-state index contributed by atoms with van der Waals surface area (Å²) >= 11 is 0. The maximum absolute atomic E-state index is 12.7. The van der Waals surface area contributed by atoms with Crippen LogP contribution in [0.15, 0.2) is 53.4 Å². The van der Waals surface area contributed by atoms with Crippen molar-refractivity contribution in [2.75, 3.05) is 18.1 Å². The molecule has 0 radical (unpaired) electrons. The van der Waals surface area contributed by atoms with E-state index >= 15 is 0 Å². The highest BCUT2D eigenvalue weighted by Crippen LogP contribution is 2.17. The second kappa shape index (κ2) is 9.31. The molecule has 0 unspecified atom stereocenters. The van der Waals surface area contributed by atoms with Crippen molar-refractivity contribution in [2.24, 2.45) is 0 Å².